The number of carbonyl (C=O) groups is 1. The summed E-state index contributed by atoms with van der Waals surface area (Å²) in [6, 6.07) is 18.9. The zero-order chi connectivity index (χ0) is 23.4. The Balaban J connectivity index is 1.52. The monoisotopic (exact) mass is 556 g/mol. The number of cyclic esters (lactones) is 1. The molecule has 0 unspecified atom stereocenters. The molecule has 8 nitrogen and oxygen atoms in total. The molecule has 0 radical (unpaired) electrons. The van der Waals surface area contributed by atoms with E-state index in [0.717, 1.165) is 9.13 Å². The van der Waals surface area contributed by atoms with E-state index in [1.807, 2.05) is 24.3 Å². The molecule has 0 aromatic heterocycles. The molecular weight excluding hydrogens is 539 g/mol. The summed E-state index contributed by atoms with van der Waals surface area (Å²) < 4.78 is 17.7. The zero-order valence-corrected chi connectivity index (χ0v) is 19.5. The van der Waals surface area contributed by atoms with Gasteiger partial charge in [-0.05, 0) is 76.2 Å². The van der Waals surface area contributed by atoms with Crippen molar-refractivity contribution in [2.75, 3.05) is 7.11 Å². The number of esters is 1. The average Bonchev–Trinajstić information content (AvgIpc) is 3.19. The van der Waals surface area contributed by atoms with Crippen molar-refractivity contribution in [1.29, 1.82) is 0 Å². The van der Waals surface area contributed by atoms with Crippen LogP contribution in [0.5, 0.6) is 11.5 Å². The molecule has 1 aliphatic heterocycles. The molecule has 0 aliphatic carbocycles. The molecule has 0 saturated carbocycles. The van der Waals surface area contributed by atoms with Crippen molar-refractivity contribution in [2.24, 2.45) is 4.99 Å². The van der Waals surface area contributed by atoms with Gasteiger partial charge in [0, 0.05) is 21.3 Å². The van der Waals surface area contributed by atoms with Crippen LogP contribution in [-0.2, 0) is 16.1 Å². The Morgan fingerprint density at radius 1 is 1.06 bits per heavy atom. The van der Waals surface area contributed by atoms with E-state index in [1.165, 1.54) is 24.3 Å². The number of benzene rings is 3. The first-order valence-electron chi connectivity index (χ1n) is 9.75. The number of nitro groups is 1. The van der Waals surface area contributed by atoms with Crippen LogP contribution in [0.25, 0.3) is 6.08 Å². The minimum atomic E-state index is -0.610. The van der Waals surface area contributed by atoms with E-state index < -0.39 is 10.9 Å². The van der Waals surface area contributed by atoms with Crippen molar-refractivity contribution < 1.29 is 23.9 Å². The summed E-state index contributed by atoms with van der Waals surface area (Å²) in [5, 5.41) is 10.8. The van der Waals surface area contributed by atoms with E-state index in [0.29, 0.717) is 29.2 Å². The van der Waals surface area contributed by atoms with Crippen molar-refractivity contribution in [3.63, 3.8) is 0 Å². The van der Waals surface area contributed by atoms with Gasteiger partial charge in [-0.15, -0.1) is 0 Å². The molecule has 3 aromatic rings. The molecule has 9 heteroatoms. The fraction of sp³-hybridized carbons (Fsp3) is 0.0833. The molecular formula is C24H17IN2O6. The maximum Gasteiger partial charge on any atom is 0.363 e. The number of ether oxygens (including phenoxy) is 3. The summed E-state index contributed by atoms with van der Waals surface area (Å²) in [7, 11) is 1.54. The fourth-order valence-electron chi connectivity index (χ4n) is 3.05. The average molecular weight is 556 g/mol. The highest BCUT2D eigenvalue weighted by atomic mass is 127. The van der Waals surface area contributed by atoms with Crippen LogP contribution in [0.4, 0.5) is 5.69 Å². The Morgan fingerprint density at radius 2 is 1.79 bits per heavy atom. The fourth-order valence-corrected chi connectivity index (χ4v) is 3.41. The quantitative estimate of drug-likeness (QED) is 0.132. The second-order valence-corrected chi connectivity index (χ2v) is 8.21. The number of rotatable bonds is 7. The Labute approximate surface area is 202 Å². The Bertz CT molecular complexity index is 1270. The molecule has 0 N–H and O–H groups in total. The zero-order valence-electron chi connectivity index (χ0n) is 17.4. The van der Waals surface area contributed by atoms with E-state index in [4.69, 9.17) is 14.2 Å². The molecule has 0 spiro atoms. The lowest BCUT2D eigenvalue weighted by Gasteiger charge is -2.11. The lowest BCUT2D eigenvalue weighted by Crippen LogP contribution is -2.05. The van der Waals surface area contributed by atoms with Crippen LogP contribution in [0.3, 0.4) is 0 Å². The van der Waals surface area contributed by atoms with Crippen LogP contribution < -0.4 is 9.47 Å². The molecule has 4 rings (SSSR count). The van der Waals surface area contributed by atoms with Gasteiger partial charge in [-0.2, -0.15) is 0 Å². The third-order valence-electron chi connectivity index (χ3n) is 4.74. The minimum absolute atomic E-state index is 0.0594. The predicted octanol–water partition coefficient (Wildman–Crippen LogP) is 5.13. The van der Waals surface area contributed by atoms with E-state index in [-0.39, 0.29) is 17.3 Å². The summed E-state index contributed by atoms with van der Waals surface area (Å²) in [6.07, 6.45) is 1.58. The minimum Gasteiger partial charge on any atom is -0.493 e. The number of nitrogens with zero attached hydrogens (tertiary/aromatic N) is 2. The molecule has 0 amide bonds. The van der Waals surface area contributed by atoms with Crippen LogP contribution in [0.1, 0.15) is 16.7 Å². The highest BCUT2D eigenvalue weighted by Crippen LogP contribution is 2.30. The third-order valence-corrected chi connectivity index (χ3v) is 5.46. The van der Waals surface area contributed by atoms with Gasteiger partial charge in [0.1, 0.15) is 6.61 Å². The van der Waals surface area contributed by atoms with Gasteiger partial charge in [-0.3, -0.25) is 10.1 Å². The summed E-state index contributed by atoms with van der Waals surface area (Å²) in [5.74, 6) is 0.565. The standard InChI is InChI=1S/C24H17IN2O6/c1-31-22-13-16(4-11-21(22)32-14-15-2-7-18(25)8-3-15)12-20-24(28)33-23(26-20)17-5-9-19(10-6-17)27(29)30/h2-13H,14H2,1H3/b20-12-. The van der Waals surface area contributed by atoms with Crippen molar-refractivity contribution in [3.8, 4) is 11.5 Å². The first kappa shape index (κ1) is 22.5. The normalized spacial score (nSPS) is 14.1. The van der Waals surface area contributed by atoms with Crippen LogP contribution in [0.15, 0.2) is 77.4 Å². The highest BCUT2D eigenvalue weighted by Gasteiger charge is 2.24. The van der Waals surface area contributed by atoms with Gasteiger partial charge in [-0.1, -0.05) is 18.2 Å². The summed E-state index contributed by atoms with van der Waals surface area (Å²) in [4.78, 5) is 26.8. The maximum absolute atomic E-state index is 12.3. The number of non-ortho nitro benzene ring substituents is 1. The van der Waals surface area contributed by atoms with Gasteiger partial charge in [0.2, 0.25) is 5.90 Å². The van der Waals surface area contributed by atoms with E-state index in [1.54, 1.807) is 31.4 Å². The first-order valence-corrected chi connectivity index (χ1v) is 10.8. The maximum atomic E-state index is 12.3. The molecule has 3 aromatic carbocycles. The van der Waals surface area contributed by atoms with Gasteiger partial charge in [0.15, 0.2) is 17.2 Å². The predicted molar refractivity (Wildman–Crippen MR) is 130 cm³/mol. The largest absolute Gasteiger partial charge is 0.493 e. The number of nitro benzene ring substituents is 1. The van der Waals surface area contributed by atoms with Gasteiger partial charge in [0.05, 0.1) is 12.0 Å². The summed E-state index contributed by atoms with van der Waals surface area (Å²) >= 11 is 2.25. The van der Waals surface area contributed by atoms with Crippen LogP contribution in [-0.4, -0.2) is 23.9 Å². The number of carbonyl (C=O) groups excluding carboxylic acids is 1. The second-order valence-electron chi connectivity index (χ2n) is 6.97. The van der Waals surface area contributed by atoms with Crippen molar-refractivity contribution in [3.05, 3.63) is 103 Å². The summed E-state index contributed by atoms with van der Waals surface area (Å²) in [6.45, 7) is 0.392. The van der Waals surface area contributed by atoms with Crippen LogP contribution >= 0.6 is 22.6 Å². The van der Waals surface area contributed by atoms with Gasteiger partial charge >= 0.3 is 5.97 Å². The van der Waals surface area contributed by atoms with Gasteiger partial charge < -0.3 is 14.2 Å². The van der Waals surface area contributed by atoms with Gasteiger partial charge in [0.25, 0.3) is 5.69 Å². The number of hydrogen-bond donors (Lipinski definition) is 0. The molecule has 0 atom stereocenters. The van der Waals surface area contributed by atoms with Gasteiger partial charge in [-0.25, -0.2) is 9.79 Å². The highest BCUT2D eigenvalue weighted by molar-refractivity contribution is 14.1. The van der Waals surface area contributed by atoms with Crippen molar-refractivity contribution in [1.82, 2.24) is 0 Å². The molecule has 0 fully saturated rings. The first-order chi connectivity index (χ1) is 15.9. The third kappa shape index (κ3) is 5.37. The Kier molecular flexibility index (Phi) is 6.68. The van der Waals surface area contributed by atoms with Crippen LogP contribution in [0, 0.1) is 13.7 Å². The topological polar surface area (TPSA) is 100 Å². The SMILES string of the molecule is COc1cc(/C=C2\N=C(c3ccc([N+](=O)[O-])cc3)OC2=O)ccc1OCc1ccc(I)cc1. The van der Waals surface area contributed by atoms with E-state index in [2.05, 4.69) is 27.6 Å². The number of halogens is 1. The smallest absolute Gasteiger partial charge is 0.363 e. The molecule has 1 heterocycles. The van der Waals surface area contributed by atoms with E-state index >= 15 is 0 Å². The van der Waals surface area contributed by atoms with Crippen molar-refractivity contribution in [2.45, 2.75) is 6.61 Å². The van der Waals surface area contributed by atoms with Crippen LogP contribution in [0.2, 0.25) is 0 Å². The lowest BCUT2D eigenvalue weighted by molar-refractivity contribution is -0.384. The Morgan fingerprint density at radius 3 is 2.45 bits per heavy atom. The van der Waals surface area contributed by atoms with Crippen molar-refractivity contribution >= 4 is 46.2 Å². The second kappa shape index (κ2) is 9.82. The molecule has 1 aliphatic rings. The number of methoxy groups -OCH3 is 1. The summed E-state index contributed by atoms with van der Waals surface area (Å²) in [5.41, 5.74) is 2.22. The number of aliphatic imine (C=N–C) groups is 1. The van der Waals surface area contributed by atoms with E-state index in [9.17, 15) is 14.9 Å². The molecule has 0 bridgehead atoms. The number of hydrogen-bond acceptors (Lipinski definition) is 7. The molecule has 33 heavy (non-hydrogen) atoms. The lowest BCUT2D eigenvalue weighted by atomic mass is 10.1. The molecule has 0 saturated heterocycles. The Hall–Kier alpha value is -3.73. The molecule has 166 valence electrons.